The van der Waals surface area contributed by atoms with Gasteiger partial charge in [0.1, 0.15) is 40.8 Å². The zero-order valence-electron chi connectivity index (χ0n) is 20.0. The lowest BCUT2D eigenvalue weighted by Crippen LogP contribution is -2.42. The molecule has 0 spiro atoms. The Morgan fingerprint density at radius 2 is 1.24 bits per heavy atom. The number of benzene rings is 3. The van der Waals surface area contributed by atoms with Crippen LogP contribution in [0, 0.1) is 17.5 Å². The third-order valence-electron chi connectivity index (χ3n) is 5.96. The Morgan fingerprint density at radius 3 is 1.73 bits per heavy atom. The Hall–Kier alpha value is -2.82. The van der Waals surface area contributed by atoms with Crippen LogP contribution in [0.3, 0.4) is 0 Å². The lowest BCUT2D eigenvalue weighted by molar-refractivity contribution is -0.0790. The van der Waals surface area contributed by atoms with Gasteiger partial charge < -0.3 is 24.7 Å². The van der Waals surface area contributed by atoms with Gasteiger partial charge in [0, 0.05) is 6.61 Å². The molecular weight excluding hydrogens is 503 g/mol. The smallest absolute Gasteiger partial charge is 0.136 e. The standard InChI is InChI=1S/C28H28F3NO4S/c29-21-7-1-4-18(12-21)15-33-11-10-24-25(34-16-19-5-2-8-22(30)13-19)26(27(36-24)28(32)37)35-17-20-6-3-9-23(31)14-20/h1-9,12-14,24-27H,10-11,15-17H2,(H2,32,37)/t24-,25-,26-,27-/m1/s1. The van der Waals surface area contributed by atoms with Crippen LogP contribution in [-0.2, 0) is 38.8 Å². The predicted molar refractivity (Wildman–Crippen MR) is 136 cm³/mol. The highest BCUT2D eigenvalue weighted by molar-refractivity contribution is 7.80. The van der Waals surface area contributed by atoms with Gasteiger partial charge in [-0.2, -0.15) is 0 Å². The molecule has 2 N–H and O–H groups in total. The summed E-state index contributed by atoms with van der Waals surface area (Å²) in [4.78, 5) is 0.103. The zero-order valence-corrected chi connectivity index (χ0v) is 20.8. The van der Waals surface area contributed by atoms with Gasteiger partial charge in [-0.3, -0.25) is 0 Å². The fourth-order valence-electron chi connectivity index (χ4n) is 4.23. The van der Waals surface area contributed by atoms with E-state index in [-0.39, 0.29) is 42.3 Å². The van der Waals surface area contributed by atoms with Gasteiger partial charge in [-0.25, -0.2) is 13.2 Å². The van der Waals surface area contributed by atoms with Crippen LogP contribution in [0.4, 0.5) is 13.2 Å². The van der Waals surface area contributed by atoms with Crippen molar-refractivity contribution in [2.24, 2.45) is 5.73 Å². The Balaban J connectivity index is 1.45. The van der Waals surface area contributed by atoms with Crippen molar-refractivity contribution in [2.75, 3.05) is 6.61 Å². The van der Waals surface area contributed by atoms with Gasteiger partial charge in [0.2, 0.25) is 0 Å². The molecule has 1 aliphatic heterocycles. The van der Waals surface area contributed by atoms with Crippen LogP contribution in [0.25, 0.3) is 0 Å². The summed E-state index contributed by atoms with van der Waals surface area (Å²) in [6.07, 6.45) is -2.11. The fourth-order valence-corrected chi connectivity index (χ4v) is 4.42. The van der Waals surface area contributed by atoms with E-state index in [1.165, 1.54) is 36.4 Å². The van der Waals surface area contributed by atoms with E-state index in [1.54, 1.807) is 36.4 Å². The Kier molecular flexibility index (Phi) is 9.65. The van der Waals surface area contributed by atoms with Gasteiger partial charge in [-0.1, -0.05) is 48.6 Å². The summed E-state index contributed by atoms with van der Waals surface area (Å²) >= 11 is 5.24. The molecule has 0 unspecified atom stereocenters. The molecule has 9 heteroatoms. The van der Waals surface area contributed by atoms with Crippen LogP contribution in [0.2, 0.25) is 0 Å². The predicted octanol–water partition coefficient (Wildman–Crippen LogP) is 5.23. The van der Waals surface area contributed by atoms with Crippen LogP contribution >= 0.6 is 12.2 Å². The van der Waals surface area contributed by atoms with Gasteiger partial charge in [-0.05, 0) is 59.5 Å². The average molecular weight is 532 g/mol. The molecule has 0 bridgehead atoms. The maximum absolute atomic E-state index is 13.7. The number of hydrogen-bond acceptors (Lipinski definition) is 5. The lowest BCUT2D eigenvalue weighted by Gasteiger charge is -2.25. The first-order chi connectivity index (χ1) is 17.9. The minimum atomic E-state index is -0.741. The van der Waals surface area contributed by atoms with E-state index in [0.29, 0.717) is 29.7 Å². The molecule has 0 amide bonds. The second kappa shape index (κ2) is 13.1. The average Bonchev–Trinajstić information content (AvgIpc) is 3.22. The van der Waals surface area contributed by atoms with Crippen molar-refractivity contribution in [3.8, 4) is 0 Å². The van der Waals surface area contributed by atoms with Crippen molar-refractivity contribution in [3.63, 3.8) is 0 Å². The molecule has 4 rings (SSSR count). The summed E-state index contributed by atoms with van der Waals surface area (Å²) in [5.41, 5.74) is 7.96. The molecule has 0 radical (unpaired) electrons. The zero-order chi connectivity index (χ0) is 26.2. The lowest BCUT2D eigenvalue weighted by atomic mass is 10.0. The highest BCUT2D eigenvalue weighted by Gasteiger charge is 2.47. The molecule has 0 aromatic heterocycles. The Labute approximate surface area is 219 Å². The highest BCUT2D eigenvalue weighted by atomic mass is 32.1. The van der Waals surface area contributed by atoms with Crippen LogP contribution in [0.5, 0.6) is 0 Å². The van der Waals surface area contributed by atoms with Crippen LogP contribution < -0.4 is 5.73 Å². The molecule has 1 aliphatic rings. The molecule has 3 aromatic rings. The quantitative estimate of drug-likeness (QED) is 0.255. The highest BCUT2D eigenvalue weighted by Crippen LogP contribution is 2.31. The summed E-state index contributed by atoms with van der Waals surface area (Å²) in [5, 5.41) is 0. The number of nitrogens with two attached hydrogens (primary N) is 1. The van der Waals surface area contributed by atoms with Crippen molar-refractivity contribution < 1.29 is 32.1 Å². The van der Waals surface area contributed by atoms with Crippen molar-refractivity contribution in [2.45, 2.75) is 50.7 Å². The van der Waals surface area contributed by atoms with E-state index < -0.39 is 24.4 Å². The van der Waals surface area contributed by atoms with Gasteiger partial charge in [0.05, 0.1) is 25.9 Å². The van der Waals surface area contributed by atoms with Crippen molar-refractivity contribution in [1.29, 1.82) is 0 Å². The molecule has 1 heterocycles. The largest absolute Gasteiger partial charge is 0.391 e. The minimum absolute atomic E-state index is 0.0908. The number of hydrogen-bond donors (Lipinski definition) is 1. The number of ether oxygens (including phenoxy) is 4. The van der Waals surface area contributed by atoms with Crippen molar-refractivity contribution in [3.05, 3.63) is 107 Å². The molecule has 37 heavy (non-hydrogen) atoms. The first-order valence-electron chi connectivity index (χ1n) is 11.9. The molecule has 0 saturated carbocycles. The fraction of sp³-hybridized carbons (Fsp3) is 0.321. The van der Waals surface area contributed by atoms with E-state index >= 15 is 0 Å². The third-order valence-corrected chi connectivity index (χ3v) is 6.19. The number of rotatable bonds is 12. The van der Waals surface area contributed by atoms with Gasteiger partial charge in [0.25, 0.3) is 0 Å². The molecule has 3 aromatic carbocycles. The van der Waals surface area contributed by atoms with E-state index in [4.69, 9.17) is 36.9 Å². The first kappa shape index (κ1) is 27.2. The third kappa shape index (κ3) is 7.83. The molecule has 196 valence electrons. The topological polar surface area (TPSA) is 62.9 Å². The van der Waals surface area contributed by atoms with Crippen LogP contribution in [0.15, 0.2) is 72.8 Å². The maximum atomic E-state index is 13.7. The van der Waals surface area contributed by atoms with E-state index in [9.17, 15) is 13.2 Å². The second-order valence-electron chi connectivity index (χ2n) is 8.78. The van der Waals surface area contributed by atoms with E-state index in [0.717, 1.165) is 0 Å². The first-order valence-corrected chi connectivity index (χ1v) is 12.3. The number of thiocarbonyl (C=S) groups is 1. The van der Waals surface area contributed by atoms with Crippen molar-refractivity contribution >= 4 is 17.2 Å². The van der Waals surface area contributed by atoms with Gasteiger partial charge >= 0.3 is 0 Å². The molecule has 1 fully saturated rings. The number of halogens is 3. The normalized spacial score (nSPS) is 21.3. The van der Waals surface area contributed by atoms with Crippen LogP contribution in [-0.4, -0.2) is 36.0 Å². The van der Waals surface area contributed by atoms with Crippen molar-refractivity contribution in [1.82, 2.24) is 0 Å². The molecule has 5 nitrogen and oxygen atoms in total. The molecule has 1 saturated heterocycles. The second-order valence-corrected chi connectivity index (χ2v) is 9.25. The summed E-state index contributed by atoms with van der Waals surface area (Å²) in [6, 6.07) is 18.4. The Morgan fingerprint density at radius 1 is 0.757 bits per heavy atom. The summed E-state index contributed by atoms with van der Waals surface area (Å²) in [5.74, 6) is -1.07. The minimum Gasteiger partial charge on any atom is -0.391 e. The van der Waals surface area contributed by atoms with E-state index in [1.807, 2.05) is 0 Å². The SMILES string of the molecule is NC(=S)[C@@H]1O[C@H](CCOCc2cccc(F)c2)[C@@H](OCc2cccc(F)c2)[C@H]1OCc1cccc(F)c1. The maximum Gasteiger partial charge on any atom is 0.136 e. The Bertz CT molecular complexity index is 1200. The summed E-state index contributed by atoms with van der Waals surface area (Å²) < 4.78 is 65.0. The van der Waals surface area contributed by atoms with Gasteiger partial charge in [-0.15, -0.1) is 0 Å². The van der Waals surface area contributed by atoms with Crippen LogP contribution in [0.1, 0.15) is 23.1 Å². The monoisotopic (exact) mass is 531 g/mol. The van der Waals surface area contributed by atoms with E-state index in [2.05, 4.69) is 0 Å². The summed E-state index contributed by atoms with van der Waals surface area (Å²) in [6.45, 7) is 0.725. The molecule has 4 atom stereocenters. The molecule has 0 aliphatic carbocycles. The molecular formula is C28H28F3NO4S. The van der Waals surface area contributed by atoms with Gasteiger partial charge in [0.15, 0.2) is 0 Å². The summed E-state index contributed by atoms with van der Waals surface area (Å²) in [7, 11) is 0.